The second-order valence-corrected chi connectivity index (χ2v) is 12.9. The van der Waals surface area contributed by atoms with E-state index in [0.717, 1.165) is 61.0 Å². The second kappa shape index (κ2) is 13.4. The van der Waals surface area contributed by atoms with Gasteiger partial charge in [0.15, 0.2) is 5.15 Å². The summed E-state index contributed by atoms with van der Waals surface area (Å²) in [5.41, 5.74) is 1.31. The summed E-state index contributed by atoms with van der Waals surface area (Å²) in [5.74, 6) is -0.382. The molecule has 1 unspecified atom stereocenters. The first kappa shape index (κ1) is 31.8. The molecule has 1 amide bonds. The van der Waals surface area contributed by atoms with Crippen LogP contribution in [-0.4, -0.2) is 38.2 Å². The van der Waals surface area contributed by atoms with Gasteiger partial charge in [0.05, 0.1) is 12.6 Å². The number of carboxylic acids is 1. The third-order valence-electron chi connectivity index (χ3n) is 8.90. The van der Waals surface area contributed by atoms with Gasteiger partial charge in [0.2, 0.25) is 0 Å². The maximum absolute atomic E-state index is 13.6. The molecule has 1 fully saturated rings. The number of unbranched alkanes of at least 4 members (excludes halogenated alkanes) is 1. The molecule has 2 aromatic carbocycles. The predicted octanol–water partition coefficient (Wildman–Crippen LogP) is 6.95. The molecule has 1 heterocycles. The van der Waals surface area contributed by atoms with E-state index in [9.17, 15) is 19.8 Å². The lowest BCUT2D eigenvalue weighted by Crippen LogP contribution is -2.52. The number of rotatable bonds is 12. The molecule has 8 heteroatoms. The van der Waals surface area contributed by atoms with Gasteiger partial charge in [0.1, 0.15) is 16.9 Å². The summed E-state index contributed by atoms with van der Waals surface area (Å²) in [6, 6.07) is 16.6. The average molecular weight is 594 g/mol. The van der Waals surface area contributed by atoms with Crippen LogP contribution >= 0.6 is 11.6 Å². The number of nitrogens with zero attached hydrogens (tertiary/aromatic N) is 2. The quantitative estimate of drug-likeness (QED) is 0.211. The van der Waals surface area contributed by atoms with Gasteiger partial charge >= 0.3 is 5.97 Å². The van der Waals surface area contributed by atoms with Gasteiger partial charge in [-0.15, -0.1) is 0 Å². The summed E-state index contributed by atoms with van der Waals surface area (Å²) in [7, 11) is 0. The van der Waals surface area contributed by atoms with Crippen molar-refractivity contribution in [1.82, 2.24) is 14.9 Å². The monoisotopic (exact) mass is 593 g/mol. The van der Waals surface area contributed by atoms with Crippen molar-refractivity contribution < 1.29 is 19.8 Å². The molecule has 3 N–H and O–H groups in total. The molecule has 7 nitrogen and oxygen atoms in total. The van der Waals surface area contributed by atoms with Gasteiger partial charge in [0.25, 0.3) is 5.91 Å². The molecule has 2 atom stereocenters. The molecule has 4 rings (SSSR count). The van der Waals surface area contributed by atoms with E-state index in [1.54, 1.807) is 0 Å². The zero-order valence-electron chi connectivity index (χ0n) is 25.2. The smallest absolute Gasteiger partial charge is 0.314 e. The molecule has 1 aliphatic rings. The number of imidazole rings is 1. The number of aliphatic carboxylic acids is 1. The summed E-state index contributed by atoms with van der Waals surface area (Å²) in [4.78, 5) is 31.2. The Morgan fingerprint density at radius 1 is 1.07 bits per heavy atom. The van der Waals surface area contributed by atoms with E-state index < -0.39 is 28.7 Å². The number of aromatic nitrogens is 2. The van der Waals surface area contributed by atoms with Crippen molar-refractivity contribution in [2.75, 3.05) is 6.61 Å². The maximum atomic E-state index is 13.6. The fourth-order valence-corrected chi connectivity index (χ4v) is 7.13. The third-order valence-corrected chi connectivity index (χ3v) is 9.16. The Labute approximate surface area is 254 Å². The molecule has 0 spiro atoms. The van der Waals surface area contributed by atoms with Crippen LogP contribution in [-0.2, 0) is 23.2 Å². The summed E-state index contributed by atoms with van der Waals surface area (Å²) in [6.07, 6.45) is 6.46. The van der Waals surface area contributed by atoms with E-state index in [2.05, 4.69) is 17.2 Å². The number of carboxylic acid groups (broad SMARTS) is 1. The number of aryl methyl sites for hydroxylation is 1. The number of amides is 1. The van der Waals surface area contributed by atoms with Gasteiger partial charge in [-0.3, -0.25) is 9.59 Å². The number of aliphatic hydroxyl groups excluding tert-OH is 1. The largest absolute Gasteiger partial charge is 0.481 e. The van der Waals surface area contributed by atoms with Crippen molar-refractivity contribution in [3.05, 3.63) is 88.0 Å². The lowest BCUT2D eigenvalue weighted by Gasteiger charge is -2.46. The van der Waals surface area contributed by atoms with Crippen LogP contribution in [0.1, 0.15) is 105 Å². The SMILES string of the molecule is CCCCc1nc(Cl)c(C(=O)N[C@H](CO)c2ccccc2)n1Cc1ccc(C(C(=O)O)(C2CCCC2)C(C)(C)C)cc1. The van der Waals surface area contributed by atoms with Crippen molar-refractivity contribution in [2.45, 2.75) is 90.6 Å². The van der Waals surface area contributed by atoms with Crippen LogP contribution in [0.3, 0.4) is 0 Å². The fourth-order valence-electron chi connectivity index (χ4n) is 6.84. The summed E-state index contributed by atoms with van der Waals surface area (Å²) >= 11 is 6.59. The summed E-state index contributed by atoms with van der Waals surface area (Å²) in [6.45, 7) is 8.28. The number of halogens is 1. The van der Waals surface area contributed by atoms with Gasteiger partial charge in [-0.2, -0.15) is 0 Å². The number of aliphatic hydroxyl groups is 1. The number of hydrogen-bond donors (Lipinski definition) is 3. The highest BCUT2D eigenvalue weighted by Gasteiger charge is 2.55. The lowest BCUT2D eigenvalue weighted by molar-refractivity contribution is -0.152. The first-order valence-electron chi connectivity index (χ1n) is 15.1. The van der Waals surface area contributed by atoms with Crippen LogP contribution < -0.4 is 5.32 Å². The Morgan fingerprint density at radius 3 is 2.26 bits per heavy atom. The van der Waals surface area contributed by atoms with Gasteiger partial charge in [-0.25, -0.2) is 4.98 Å². The highest BCUT2D eigenvalue weighted by atomic mass is 35.5. The molecule has 0 saturated heterocycles. The van der Waals surface area contributed by atoms with Gasteiger partial charge in [-0.1, -0.05) is 113 Å². The van der Waals surface area contributed by atoms with Crippen LogP contribution in [0.5, 0.6) is 0 Å². The van der Waals surface area contributed by atoms with E-state index in [0.29, 0.717) is 13.0 Å². The highest BCUT2D eigenvalue weighted by Crippen LogP contribution is 2.53. The Balaban J connectivity index is 1.69. The Morgan fingerprint density at radius 2 is 1.71 bits per heavy atom. The van der Waals surface area contributed by atoms with Crippen molar-refractivity contribution in [3.8, 4) is 0 Å². The number of benzene rings is 2. The maximum Gasteiger partial charge on any atom is 0.314 e. The number of carbonyl (C=O) groups is 2. The minimum atomic E-state index is -0.992. The normalized spacial score (nSPS) is 16.2. The second-order valence-electron chi connectivity index (χ2n) is 12.5. The molecule has 1 aliphatic carbocycles. The highest BCUT2D eigenvalue weighted by molar-refractivity contribution is 6.32. The topological polar surface area (TPSA) is 104 Å². The predicted molar refractivity (Wildman–Crippen MR) is 166 cm³/mol. The molecule has 0 aliphatic heterocycles. The molecule has 1 aromatic heterocycles. The average Bonchev–Trinajstić information content (AvgIpc) is 3.59. The molecule has 226 valence electrons. The van der Waals surface area contributed by atoms with E-state index in [1.807, 2.05) is 79.9 Å². The van der Waals surface area contributed by atoms with Gasteiger partial charge in [-0.05, 0) is 47.3 Å². The van der Waals surface area contributed by atoms with Gasteiger partial charge in [0, 0.05) is 13.0 Å². The molecule has 0 radical (unpaired) electrons. The van der Waals surface area contributed by atoms with Crippen molar-refractivity contribution in [2.24, 2.45) is 11.3 Å². The van der Waals surface area contributed by atoms with Crippen molar-refractivity contribution in [3.63, 3.8) is 0 Å². The molecular formula is C34H44ClN3O4. The van der Waals surface area contributed by atoms with Crippen LogP contribution in [0.15, 0.2) is 54.6 Å². The number of nitrogens with one attached hydrogen (secondary N) is 1. The molecule has 3 aromatic rings. The molecule has 0 bridgehead atoms. The minimum absolute atomic E-state index is 0.0772. The molecule has 1 saturated carbocycles. The number of hydrogen-bond acceptors (Lipinski definition) is 4. The molecule has 42 heavy (non-hydrogen) atoms. The summed E-state index contributed by atoms with van der Waals surface area (Å²) < 4.78 is 1.85. The Hall–Kier alpha value is -3.16. The van der Waals surface area contributed by atoms with Crippen molar-refractivity contribution >= 4 is 23.5 Å². The van der Waals surface area contributed by atoms with Crippen LogP contribution in [0, 0.1) is 11.3 Å². The fraction of sp³-hybridized carbons (Fsp3) is 0.500. The first-order chi connectivity index (χ1) is 20.0. The van der Waals surface area contributed by atoms with Gasteiger partial charge < -0.3 is 20.1 Å². The summed E-state index contributed by atoms with van der Waals surface area (Å²) in [5, 5.41) is 23.8. The van der Waals surface area contributed by atoms with E-state index in [-0.39, 0.29) is 23.4 Å². The standard InChI is InChI=1S/C34H44ClN3O4/c1-5-6-16-28-37-30(35)29(31(40)36-27(22-39)24-12-8-7-9-13-24)38(28)21-23-17-19-26(20-18-23)34(32(41)42,33(2,3)4)25-14-10-11-15-25/h7-9,12-13,17-20,25,27,39H,5-6,10-11,14-16,21-22H2,1-4H3,(H,36,40)(H,41,42)/t27-,34?/m1/s1. The van der Waals surface area contributed by atoms with E-state index in [4.69, 9.17) is 11.6 Å². The zero-order chi connectivity index (χ0) is 30.5. The van der Waals surface area contributed by atoms with Crippen LogP contribution in [0.25, 0.3) is 0 Å². The van der Waals surface area contributed by atoms with Crippen molar-refractivity contribution in [1.29, 1.82) is 0 Å². The Bertz CT molecular complexity index is 1360. The minimum Gasteiger partial charge on any atom is -0.481 e. The lowest BCUT2D eigenvalue weighted by atomic mass is 9.55. The zero-order valence-corrected chi connectivity index (χ0v) is 26.0. The van der Waals surface area contributed by atoms with Crippen LogP contribution in [0.4, 0.5) is 0 Å². The Kier molecular flexibility index (Phi) is 10.2. The van der Waals surface area contributed by atoms with E-state index in [1.165, 1.54) is 0 Å². The first-order valence-corrected chi connectivity index (χ1v) is 15.5. The third kappa shape index (κ3) is 6.28. The number of carbonyl (C=O) groups excluding carboxylic acids is 1. The van der Waals surface area contributed by atoms with E-state index >= 15 is 0 Å². The van der Waals surface area contributed by atoms with Crippen LogP contribution in [0.2, 0.25) is 5.15 Å². The molecular weight excluding hydrogens is 550 g/mol.